The van der Waals surface area contributed by atoms with Crippen LogP contribution in [0.2, 0.25) is 0 Å². The Hall–Kier alpha value is -4.41. The highest BCUT2D eigenvalue weighted by molar-refractivity contribution is 5.79. The van der Waals surface area contributed by atoms with Crippen molar-refractivity contribution in [2.75, 3.05) is 44.0 Å². The molecule has 4 aromatic rings. The van der Waals surface area contributed by atoms with Crippen LogP contribution in [0.1, 0.15) is 18.4 Å². The smallest absolute Gasteiger partial charge is 0.410 e. The molecule has 0 aliphatic carbocycles. The number of carbonyl (C=O) groups excluding carboxylic acids is 1. The van der Waals surface area contributed by atoms with E-state index in [0.29, 0.717) is 12.5 Å². The van der Waals surface area contributed by atoms with Gasteiger partial charge in [0, 0.05) is 52.5 Å². The van der Waals surface area contributed by atoms with Crippen LogP contribution in [0.4, 0.5) is 21.1 Å². The SMILES string of the molecule is CN(C)C(=O)OCn1c(N(C)C2CCN(c3nc4ccccc4n3Cc3ccc(F)cc3)CC2)nccc1=O. The summed E-state index contributed by atoms with van der Waals surface area (Å²) in [7, 11) is 5.09. The molecule has 11 heteroatoms. The molecule has 204 valence electrons. The van der Waals surface area contributed by atoms with Crippen molar-refractivity contribution in [2.45, 2.75) is 32.2 Å². The molecule has 1 aliphatic rings. The van der Waals surface area contributed by atoms with Crippen molar-refractivity contribution in [3.8, 4) is 0 Å². The highest BCUT2D eigenvalue weighted by atomic mass is 19.1. The van der Waals surface area contributed by atoms with Gasteiger partial charge in [0.25, 0.3) is 5.56 Å². The quantitative estimate of drug-likeness (QED) is 0.359. The van der Waals surface area contributed by atoms with Crippen LogP contribution in [0.5, 0.6) is 0 Å². The molecule has 10 nitrogen and oxygen atoms in total. The van der Waals surface area contributed by atoms with E-state index in [-0.39, 0.29) is 24.1 Å². The summed E-state index contributed by atoms with van der Waals surface area (Å²) in [5.74, 6) is 1.08. The van der Waals surface area contributed by atoms with Crippen LogP contribution in [-0.4, -0.2) is 70.4 Å². The molecule has 3 heterocycles. The number of para-hydroxylation sites is 2. The fraction of sp³-hybridized carbons (Fsp3) is 0.357. The van der Waals surface area contributed by atoms with Crippen molar-refractivity contribution in [2.24, 2.45) is 0 Å². The Morgan fingerprint density at radius 3 is 2.46 bits per heavy atom. The highest BCUT2D eigenvalue weighted by Gasteiger charge is 2.28. The van der Waals surface area contributed by atoms with E-state index in [1.807, 2.05) is 30.1 Å². The Labute approximate surface area is 225 Å². The average molecular weight is 534 g/mol. The van der Waals surface area contributed by atoms with Gasteiger partial charge in [0.2, 0.25) is 11.9 Å². The summed E-state index contributed by atoms with van der Waals surface area (Å²) in [6, 6.07) is 16.1. The fourth-order valence-electron chi connectivity index (χ4n) is 4.93. The van der Waals surface area contributed by atoms with Crippen molar-refractivity contribution in [3.63, 3.8) is 0 Å². The topological polar surface area (TPSA) is 88.7 Å². The summed E-state index contributed by atoms with van der Waals surface area (Å²) in [6.07, 6.45) is 2.58. The van der Waals surface area contributed by atoms with Gasteiger partial charge in [0.1, 0.15) is 5.82 Å². The standard InChI is InChI=1S/C28H32FN7O3/c1-32(2)28(38)39-19-36-25(37)12-15-30-26(36)33(3)22-13-16-34(17-14-22)27-31-23-6-4-5-7-24(23)35(27)18-20-8-10-21(29)11-9-20/h4-12,15,22H,13-14,16-19H2,1-3H3. The van der Waals surface area contributed by atoms with Crippen LogP contribution in [0.3, 0.4) is 0 Å². The van der Waals surface area contributed by atoms with E-state index in [0.717, 1.165) is 48.5 Å². The lowest BCUT2D eigenvalue weighted by molar-refractivity contribution is 0.0876. The van der Waals surface area contributed by atoms with E-state index in [9.17, 15) is 14.0 Å². The van der Waals surface area contributed by atoms with Gasteiger partial charge in [-0.25, -0.2) is 23.7 Å². The fourth-order valence-corrected chi connectivity index (χ4v) is 4.93. The lowest BCUT2D eigenvalue weighted by Crippen LogP contribution is -2.46. The predicted octanol–water partition coefficient (Wildman–Crippen LogP) is 3.54. The number of carbonyl (C=O) groups is 1. The molecule has 0 radical (unpaired) electrons. The first-order chi connectivity index (χ1) is 18.8. The zero-order valence-electron chi connectivity index (χ0n) is 22.3. The van der Waals surface area contributed by atoms with Gasteiger partial charge in [0.05, 0.1) is 17.6 Å². The van der Waals surface area contributed by atoms with Crippen LogP contribution >= 0.6 is 0 Å². The molecule has 1 amide bonds. The van der Waals surface area contributed by atoms with Gasteiger partial charge >= 0.3 is 6.09 Å². The van der Waals surface area contributed by atoms with Gasteiger partial charge < -0.3 is 24.0 Å². The van der Waals surface area contributed by atoms with Crippen LogP contribution in [0.15, 0.2) is 65.6 Å². The van der Waals surface area contributed by atoms with Crippen molar-refractivity contribution in [1.29, 1.82) is 0 Å². The summed E-state index contributed by atoms with van der Waals surface area (Å²) >= 11 is 0. The number of amides is 1. The molecule has 0 N–H and O–H groups in total. The number of benzene rings is 2. The van der Waals surface area contributed by atoms with Crippen LogP contribution in [-0.2, 0) is 18.0 Å². The number of ether oxygens (including phenoxy) is 1. The number of piperidine rings is 1. The van der Waals surface area contributed by atoms with Gasteiger partial charge in [-0.3, -0.25) is 4.79 Å². The van der Waals surface area contributed by atoms with Crippen LogP contribution in [0.25, 0.3) is 11.0 Å². The number of hydrogen-bond acceptors (Lipinski definition) is 7. The second-order valence-corrected chi connectivity index (χ2v) is 9.89. The minimum absolute atomic E-state index is 0.126. The number of fused-ring (bicyclic) bond motifs is 1. The Balaban J connectivity index is 1.33. The Morgan fingerprint density at radius 2 is 1.74 bits per heavy atom. The molecule has 5 rings (SSSR count). The summed E-state index contributed by atoms with van der Waals surface area (Å²) in [6.45, 7) is 1.89. The summed E-state index contributed by atoms with van der Waals surface area (Å²) < 4.78 is 22.3. The first-order valence-corrected chi connectivity index (χ1v) is 12.9. The van der Waals surface area contributed by atoms with Gasteiger partial charge in [-0.05, 0) is 42.7 Å². The Bertz CT molecular complexity index is 1510. The molecule has 0 bridgehead atoms. The first kappa shape index (κ1) is 26.2. The molecule has 1 aliphatic heterocycles. The second-order valence-electron chi connectivity index (χ2n) is 9.89. The van der Waals surface area contributed by atoms with Crippen molar-refractivity contribution < 1.29 is 13.9 Å². The first-order valence-electron chi connectivity index (χ1n) is 12.9. The Kier molecular flexibility index (Phi) is 7.49. The van der Waals surface area contributed by atoms with Gasteiger partial charge in [-0.15, -0.1) is 0 Å². The molecular formula is C28H32FN7O3. The maximum atomic E-state index is 13.5. The molecule has 0 atom stereocenters. The minimum Gasteiger partial charge on any atom is -0.427 e. The van der Waals surface area contributed by atoms with E-state index in [4.69, 9.17) is 9.72 Å². The molecule has 1 saturated heterocycles. The van der Waals surface area contributed by atoms with E-state index in [1.54, 1.807) is 26.2 Å². The highest BCUT2D eigenvalue weighted by Crippen LogP contribution is 2.28. The number of hydrogen-bond donors (Lipinski definition) is 0. The van der Waals surface area contributed by atoms with Crippen molar-refractivity contribution in [1.82, 2.24) is 24.0 Å². The zero-order chi connectivity index (χ0) is 27.5. The third-order valence-electron chi connectivity index (χ3n) is 7.10. The molecule has 2 aromatic carbocycles. The van der Waals surface area contributed by atoms with Gasteiger partial charge in [0.15, 0.2) is 6.73 Å². The summed E-state index contributed by atoms with van der Waals surface area (Å²) in [4.78, 5) is 39.5. The summed E-state index contributed by atoms with van der Waals surface area (Å²) in [5, 5.41) is 0. The zero-order valence-corrected chi connectivity index (χ0v) is 22.3. The summed E-state index contributed by atoms with van der Waals surface area (Å²) in [5.41, 5.74) is 2.66. The van der Waals surface area contributed by atoms with E-state index in [1.165, 1.54) is 33.9 Å². The minimum atomic E-state index is -0.531. The molecule has 1 fully saturated rings. The number of imidazole rings is 1. The predicted molar refractivity (Wildman–Crippen MR) is 148 cm³/mol. The molecule has 39 heavy (non-hydrogen) atoms. The number of nitrogens with zero attached hydrogens (tertiary/aromatic N) is 7. The van der Waals surface area contributed by atoms with E-state index >= 15 is 0 Å². The number of halogens is 1. The number of anilines is 2. The lowest BCUT2D eigenvalue weighted by atomic mass is 10.0. The number of rotatable bonds is 7. The average Bonchev–Trinajstić information content (AvgIpc) is 3.31. The maximum Gasteiger partial charge on any atom is 0.410 e. The molecule has 2 aromatic heterocycles. The largest absolute Gasteiger partial charge is 0.427 e. The Morgan fingerprint density at radius 1 is 1.03 bits per heavy atom. The van der Waals surface area contributed by atoms with Crippen molar-refractivity contribution in [3.05, 3.63) is 82.5 Å². The molecular weight excluding hydrogens is 501 g/mol. The molecule has 0 saturated carbocycles. The van der Waals surface area contributed by atoms with Crippen LogP contribution < -0.4 is 15.4 Å². The van der Waals surface area contributed by atoms with Gasteiger partial charge in [-0.2, -0.15) is 0 Å². The number of aromatic nitrogens is 4. The van der Waals surface area contributed by atoms with Gasteiger partial charge in [-0.1, -0.05) is 24.3 Å². The second kappa shape index (κ2) is 11.1. The lowest BCUT2D eigenvalue weighted by Gasteiger charge is -2.38. The third kappa shape index (κ3) is 5.57. The van der Waals surface area contributed by atoms with Crippen LogP contribution in [0, 0.1) is 5.82 Å². The molecule has 0 spiro atoms. The third-order valence-corrected chi connectivity index (χ3v) is 7.10. The maximum absolute atomic E-state index is 13.5. The van der Waals surface area contributed by atoms with E-state index < -0.39 is 6.09 Å². The monoisotopic (exact) mass is 533 g/mol. The van der Waals surface area contributed by atoms with Crippen molar-refractivity contribution >= 4 is 29.0 Å². The molecule has 0 unspecified atom stereocenters. The van der Waals surface area contributed by atoms with E-state index in [2.05, 4.69) is 20.5 Å². The normalized spacial score (nSPS) is 14.0.